The molecule has 0 unspecified atom stereocenters. The molecule has 0 aliphatic heterocycles. The van der Waals surface area contributed by atoms with E-state index in [1.807, 2.05) is 36.4 Å². The van der Waals surface area contributed by atoms with Crippen molar-refractivity contribution >= 4 is 19.6 Å². The van der Waals surface area contributed by atoms with Crippen molar-refractivity contribution in [3.8, 4) is 0 Å². The van der Waals surface area contributed by atoms with Crippen molar-refractivity contribution in [2.45, 2.75) is 13.2 Å². The fraction of sp³-hybridized carbons (Fsp3) is 0.167. The first-order valence-corrected chi connectivity index (χ1v) is 11.4. The van der Waals surface area contributed by atoms with E-state index in [9.17, 15) is 14.2 Å². The zero-order valence-electron chi connectivity index (χ0n) is 17.3. The van der Waals surface area contributed by atoms with Gasteiger partial charge in [0, 0.05) is 0 Å². The maximum absolute atomic E-state index is 13.1. The molecule has 0 saturated carbocycles. The lowest BCUT2D eigenvalue weighted by molar-refractivity contribution is -0.124. The van der Waals surface area contributed by atoms with E-state index in [0.29, 0.717) is 5.56 Å². The van der Waals surface area contributed by atoms with Crippen LogP contribution in [0.5, 0.6) is 0 Å². The molecule has 0 fully saturated rings. The lowest BCUT2D eigenvalue weighted by Gasteiger charge is -2.18. The normalized spacial score (nSPS) is 11.1. The third-order valence-corrected chi connectivity index (χ3v) is 5.56. The number of benzene rings is 3. The van der Waals surface area contributed by atoms with Gasteiger partial charge in [0.2, 0.25) is 0 Å². The molecule has 3 rings (SSSR count). The average Bonchev–Trinajstić information content (AvgIpc) is 2.85. The number of phosphoric acid groups is 1. The Morgan fingerprint density at radius 2 is 1.09 bits per heavy atom. The van der Waals surface area contributed by atoms with Gasteiger partial charge in [-0.3, -0.25) is 18.4 Å². The number of Topliss-reactive ketones (excluding diaryl/α,β-unsaturated/α-hetero) is 1. The quantitative estimate of drug-likeness (QED) is 0.282. The summed E-state index contributed by atoms with van der Waals surface area (Å²) in [5, 5.41) is 0. The number of ketones is 1. The van der Waals surface area contributed by atoms with E-state index in [1.54, 1.807) is 54.6 Å². The van der Waals surface area contributed by atoms with Crippen LogP contribution in [-0.4, -0.2) is 25.0 Å². The first-order valence-electron chi connectivity index (χ1n) is 9.89. The molecule has 0 bridgehead atoms. The van der Waals surface area contributed by atoms with Crippen LogP contribution in [0, 0.1) is 0 Å². The zero-order chi connectivity index (χ0) is 22.7. The molecule has 8 heteroatoms. The largest absolute Gasteiger partial charge is 0.475 e. The van der Waals surface area contributed by atoms with Gasteiger partial charge in [0.15, 0.2) is 12.4 Å². The maximum Gasteiger partial charge on any atom is 0.475 e. The molecule has 0 amide bonds. The van der Waals surface area contributed by atoms with Crippen LogP contribution in [0.2, 0.25) is 0 Å². The molecule has 0 radical (unpaired) electrons. The number of ether oxygens (including phenoxy) is 1. The third-order valence-electron chi connectivity index (χ3n) is 4.22. The van der Waals surface area contributed by atoms with E-state index in [2.05, 4.69) is 0 Å². The van der Waals surface area contributed by atoms with Gasteiger partial charge in [0.1, 0.15) is 6.61 Å². The Morgan fingerprint density at radius 3 is 1.59 bits per heavy atom. The summed E-state index contributed by atoms with van der Waals surface area (Å²) in [4.78, 5) is 24.1. The number of phosphoric ester groups is 1. The van der Waals surface area contributed by atoms with Gasteiger partial charge in [0.05, 0.1) is 18.8 Å². The van der Waals surface area contributed by atoms with E-state index >= 15 is 0 Å². The second-order valence-electron chi connectivity index (χ2n) is 6.72. The van der Waals surface area contributed by atoms with Crippen molar-refractivity contribution in [3.63, 3.8) is 0 Å². The predicted molar refractivity (Wildman–Crippen MR) is 118 cm³/mol. The van der Waals surface area contributed by atoms with Crippen LogP contribution in [0.1, 0.15) is 21.5 Å². The third kappa shape index (κ3) is 7.87. The molecule has 0 spiro atoms. The van der Waals surface area contributed by atoms with E-state index < -0.39 is 32.8 Å². The lowest BCUT2D eigenvalue weighted by atomic mass is 10.2. The minimum Gasteiger partial charge on any atom is -0.454 e. The molecule has 32 heavy (non-hydrogen) atoms. The van der Waals surface area contributed by atoms with Gasteiger partial charge in [0.25, 0.3) is 0 Å². The Hall–Kier alpha value is -3.09. The van der Waals surface area contributed by atoms with Crippen LogP contribution in [0.4, 0.5) is 0 Å². The Labute approximate surface area is 186 Å². The highest BCUT2D eigenvalue weighted by Crippen LogP contribution is 2.50. The standard InChI is InChI=1S/C24H23O7P/c25-23(18-28-24(26)22-14-8-3-9-15-22)19-31-32(27,29-16-20-10-4-1-5-11-20)30-17-21-12-6-2-7-13-21/h1-15H,16-19H2. The summed E-state index contributed by atoms with van der Waals surface area (Å²) in [6.07, 6.45) is 0. The fourth-order valence-electron chi connectivity index (χ4n) is 2.56. The van der Waals surface area contributed by atoms with E-state index in [0.717, 1.165) is 11.1 Å². The first-order chi connectivity index (χ1) is 15.5. The van der Waals surface area contributed by atoms with Crippen LogP contribution in [0.3, 0.4) is 0 Å². The van der Waals surface area contributed by atoms with E-state index in [-0.39, 0.29) is 13.2 Å². The van der Waals surface area contributed by atoms with Crippen LogP contribution < -0.4 is 0 Å². The number of hydrogen-bond acceptors (Lipinski definition) is 7. The van der Waals surface area contributed by atoms with Crippen LogP contribution in [0.25, 0.3) is 0 Å². The number of rotatable bonds is 12. The van der Waals surface area contributed by atoms with Gasteiger partial charge in [-0.1, -0.05) is 78.9 Å². The number of hydrogen-bond donors (Lipinski definition) is 0. The number of esters is 1. The predicted octanol–water partition coefficient (Wildman–Crippen LogP) is 4.97. The van der Waals surface area contributed by atoms with Crippen molar-refractivity contribution in [1.82, 2.24) is 0 Å². The molecule has 7 nitrogen and oxygen atoms in total. The second-order valence-corrected chi connectivity index (χ2v) is 8.39. The summed E-state index contributed by atoms with van der Waals surface area (Å²) >= 11 is 0. The Morgan fingerprint density at radius 1 is 0.625 bits per heavy atom. The maximum atomic E-state index is 13.1. The van der Waals surface area contributed by atoms with Crippen LogP contribution >= 0.6 is 7.82 Å². The molecule has 0 aromatic heterocycles. The van der Waals surface area contributed by atoms with Gasteiger partial charge in [-0.25, -0.2) is 9.36 Å². The van der Waals surface area contributed by atoms with Crippen molar-refractivity contribution in [2.75, 3.05) is 13.2 Å². The van der Waals surface area contributed by atoms with Crippen molar-refractivity contribution < 1.29 is 32.5 Å². The molecule has 3 aromatic rings. The highest BCUT2D eigenvalue weighted by atomic mass is 31.2. The van der Waals surface area contributed by atoms with Crippen LogP contribution in [0.15, 0.2) is 91.0 Å². The number of carbonyl (C=O) groups excluding carboxylic acids is 2. The molecule has 0 heterocycles. The minimum atomic E-state index is -4.07. The van der Waals surface area contributed by atoms with Gasteiger partial charge < -0.3 is 4.74 Å². The summed E-state index contributed by atoms with van der Waals surface area (Å²) in [5.41, 5.74) is 1.86. The Bertz CT molecular complexity index is 992. The highest BCUT2D eigenvalue weighted by Gasteiger charge is 2.28. The average molecular weight is 454 g/mol. The smallest absolute Gasteiger partial charge is 0.454 e. The summed E-state index contributed by atoms with van der Waals surface area (Å²) in [6, 6.07) is 26.5. The van der Waals surface area contributed by atoms with Crippen LogP contribution in [-0.2, 0) is 40.9 Å². The summed E-state index contributed by atoms with van der Waals surface area (Å²) in [7, 11) is -4.07. The molecule has 0 atom stereocenters. The molecule has 0 aliphatic carbocycles. The topological polar surface area (TPSA) is 88.1 Å². The highest BCUT2D eigenvalue weighted by molar-refractivity contribution is 7.48. The summed E-state index contributed by atoms with van der Waals surface area (Å²) in [6.45, 7) is -1.16. The van der Waals surface area contributed by atoms with Gasteiger partial charge >= 0.3 is 13.8 Å². The van der Waals surface area contributed by atoms with Gasteiger partial charge in [-0.05, 0) is 23.3 Å². The van der Waals surface area contributed by atoms with E-state index in [1.165, 1.54) is 0 Å². The van der Waals surface area contributed by atoms with Gasteiger partial charge in [-0.15, -0.1) is 0 Å². The van der Waals surface area contributed by atoms with Crippen molar-refractivity contribution in [1.29, 1.82) is 0 Å². The van der Waals surface area contributed by atoms with Gasteiger partial charge in [-0.2, -0.15) is 0 Å². The Kier molecular flexibility index (Phi) is 8.90. The fourth-order valence-corrected chi connectivity index (χ4v) is 3.70. The Balaban J connectivity index is 1.55. The van der Waals surface area contributed by atoms with Crippen molar-refractivity contribution in [2.24, 2.45) is 0 Å². The lowest BCUT2D eigenvalue weighted by Crippen LogP contribution is -2.18. The van der Waals surface area contributed by atoms with Crippen molar-refractivity contribution in [3.05, 3.63) is 108 Å². The number of carbonyl (C=O) groups is 2. The first kappa shape index (κ1) is 23.6. The summed E-state index contributed by atoms with van der Waals surface area (Å²) in [5.74, 6) is -1.22. The SMILES string of the molecule is O=C(COC(=O)c1ccccc1)COP(=O)(OCc1ccccc1)OCc1ccccc1. The molecule has 3 aromatic carbocycles. The molecule has 166 valence electrons. The summed E-state index contributed by atoms with van der Waals surface area (Å²) < 4.78 is 34.2. The molecular formula is C24H23O7P. The second kappa shape index (κ2) is 12.1. The molecule has 0 saturated heterocycles. The zero-order valence-corrected chi connectivity index (χ0v) is 18.2. The monoisotopic (exact) mass is 454 g/mol. The molecular weight excluding hydrogens is 431 g/mol. The van der Waals surface area contributed by atoms with E-state index in [4.69, 9.17) is 18.3 Å². The minimum absolute atomic E-state index is 0.0237. The molecule has 0 aliphatic rings. The molecule has 0 N–H and O–H groups in total.